The predicted octanol–water partition coefficient (Wildman–Crippen LogP) is 1.68. The van der Waals surface area contributed by atoms with Crippen LogP contribution in [0.4, 0.5) is 14.9 Å². The Morgan fingerprint density at radius 3 is 2.83 bits per heavy atom. The van der Waals surface area contributed by atoms with Gasteiger partial charge in [0.15, 0.2) is 0 Å². The SMILES string of the molecule is CNCCC1CN(c2ccccc2F)C(=O)N1C. The summed E-state index contributed by atoms with van der Waals surface area (Å²) in [5, 5.41) is 3.07. The van der Waals surface area contributed by atoms with E-state index in [9.17, 15) is 9.18 Å². The number of carbonyl (C=O) groups is 1. The van der Waals surface area contributed by atoms with Crippen LogP contribution in [0.5, 0.6) is 0 Å². The van der Waals surface area contributed by atoms with Gasteiger partial charge in [0.2, 0.25) is 0 Å². The fourth-order valence-corrected chi connectivity index (χ4v) is 2.23. The Hall–Kier alpha value is -1.62. The first-order valence-electron chi connectivity index (χ1n) is 6.08. The van der Waals surface area contributed by atoms with E-state index in [2.05, 4.69) is 5.32 Å². The van der Waals surface area contributed by atoms with Crippen LogP contribution in [0.25, 0.3) is 0 Å². The van der Waals surface area contributed by atoms with Crippen molar-refractivity contribution in [3.8, 4) is 0 Å². The number of anilines is 1. The Labute approximate surface area is 106 Å². The smallest absolute Gasteiger partial charge is 0.323 e. The third kappa shape index (κ3) is 2.31. The molecule has 2 amide bonds. The van der Waals surface area contributed by atoms with E-state index in [1.165, 1.54) is 11.0 Å². The molecule has 0 aromatic heterocycles. The number of amides is 2. The van der Waals surface area contributed by atoms with Crippen molar-refractivity contribution < 1.29 is 9.18 Å². The van der Waals surface area contributed by atoms with Crippen molar-refractivity contribution in [2.45, 2.75) is 12.5 Å². The van der Waals surface area contributed by atoms with Gasteiger partial charge in [0.25, 0.3) is 0 Å². The molecule has 1 unspecified atom stereocenters. The second-order valence-corrected chi connectivity index (χ2v) is 4.50. The lowest BCUT2D eigenvalue weighted by molar-refractivity contribution is 0.217. The van der Waals surface area contributed by atoms with E-state index in [4.69, 9.17) is 0 Å². The molecule has 0 spiro atoms. The van der Waals surface area contributed by atoms with Gasteiger partial charge >= 0.3 is 6.03 Å². The van der Waals surface area contributed by atoms with Crippen LogP contribution in [0.2, 0.25) is 0 Å². The summed E-state index contributed by atoms with van der Waals surface area (Å²) < 4.78 is 13.7. The van der Waals surface area contributed by atoms with Gasteiger partial charge in [-0.15, -0.1) is 0 Å². The van der Waals surface area contributed by atoms with Gasteiger partial charge in [-0.3, -0.25) is 4.90 Å². The molecule has 2 rings (SSSR count). The van der Waals surface area contributed by atoms with Crippen LogP contribution in [-0.2, 0) is 0 Å². The van der Waals surface area contributed by atoms with Gasteiger partial charge in [-0.2, -0.15) is 0 Å². The molecule has 1 fully saturated rings. The Balaban J connectivity index is 2.16. The lowest BCUT2D eigenvalue weighted by Crippen LogP contribution is -2.32. The van der Waals surface area contributed by atoms with Gasteiger partial charge in [-0.25, -0.2) is 9.18 Å². The normalized spacial score (nSPS) is 19.7. The molecule has 1 saturated heterocycles. The first-order valence-corrected chi connectivity index (χ1v) is 6.08. The number of halogens is 1. The Morgan fingerprint density at radius 2 is 2.17 bits per heavy atom. The summed E-state index contributed by atoms with van der Waals surface area (Å²) in [5.74, 6) is -0.353. The predicted molar refractivity (Wildman–Crippen MR) is 69.2 cm³/mol. The van der Waals surface area contributed by atoms with Crippen molar-refractivity contribution in [2.75, 3.05) is 32.1 Å². The summed E-state index contributed by atoms with van der Waals surface area (Å²) >= 11 is 0. The van der Waals surface area contributed by atoms with Gasteiger partial charge in [-0.1, -0.05) is 12.1 Å². The molecule has 1 atom stereocenters. The molecule has 1 aromatic carbocycles. The number of carbonyl (C=O) groups excluding carboxylic acids is 1. The standard InChI is InChI=1S/C13H18FN3O/c1-15-8-7-10-9-17(13(18)16(10)2)12-6-4-3-5-11(12)14/h3-6,10,15H,7-9H2,1-2H3. The molecule has 1 aromatic rings. The fraction of sp³-hybridized carbons (Fsp3) is 0.462. The molecule has 0 bridgehead atoms. The number of nitrogens with one attached hydrogen (secondary N) is 1. The molecule has 18 heavy (non-hydrogen) atoms. The second kappa shape index (κ2) is 5.35. The van der Waals surface area contributed by atoms with E-state index in [1.807, 2.05) is 7.05 Å². The number of hydrogen-bond acceptors (Lipinski definition) is 2. The van der Waals surface area contributed by atoms with Crippen LogP contribution < -0.4 is 10.2 Å². The zero-order valence-corrected chi connectivity index (χ0v) is 10.7. The molecule has 1 aliphatic heterocycles. The average Bonchev–Trinajstić information content (AvgIpc) is 2.65. The minimum atomic E-state index is -0.353. The third-order valence-corrected chi connectivity index (χ3v) is 3.34. The lowest BCUT2D eigenvalue weighted by atomic mass is 10.2. The summed E-state index contributed by atoms with van der Waals surface area (Å²) in [7, 11) is 3.65. The minimum absolute atomic E-state index is 0.129. The molecular formula is C13H18FN3O. The summed E-state index contributed by atoms with van der Waals surface area (Å²) in [6.45, 7) is 1.38. The molecule has 0 radical (unpaired) electrons. The number of nitrogens with zero attached hydrogens (tertiary/aromatic N) is 2. The summed E-state index contributed by atoms with van der Waals surface area (Å²) in [6.07, 6.45) is 0.865. The highest BCUT2D eigenvalue weighted by atomic mass is 19.1. The number of hydrogen-bond donors (Lipinski definition) is 1. The van der Waals surface area contributed by atoms with Crippen LogP contribution >= 0.6 is 0 Å². The highest BCUT2D eigenvalue weighted by Gasteiger charge is 2.35. The van der Waals surface area contributed by atoms with Crippen LogP contribution in [0, 0.1) is 5.82 Å². The molecule has 1 N–H and O–H groups in total. The van der Waals surface area contributed by atoms with E-state index in [0.717, 1.165) is 13.0 Å². The second-order valence-electron chi connectivity index (χ2n) is 4.50. The van der Waals surface area contributed by atoms with E-state index in [1.54, 1.807) is 30.1 Å². The zero-order valence-electron chi connectivity index (χ0n) is 10.7. The van der Waals surface area contributed by atoms with Crippen molar-refractivity contribution in [2.24, 2.45) is 0 Å². The highest BCUT2D eigenvalue weighted by Crippen LogP contribution is 2.26. The van der Waals surface area contributed by atoms with Crippen LogP contribution in [0.1, 0.15) is 6.42 Å². The van der Waals surface area contributed by atoms with Crippen molar-refractivity contribution in [1.82, 2.24) is 10.2 Å². The lowest BCUT2D eigenvalue weighted by Gasteiger charge is -2.17. The molecule has 4 nitrogen and oxygen atoms in total. The number of urea groups is 1. The fourth-order valence-electron chi connectivity index (χ4n) is 2.23. The minimum Gasteiger partial charge on any atom is -0.323 e. The van der Waals surface area contributed by atoms with Crippen molar-refractivity contribution in [1.29, 1.82) is 0 Å². The van der Waals surface area contributed by atoms with Crippen LogP contribution in [-0.4, -0.2) is 44.2 Å². The van der Waals surface area contributed by atoms with Crippen LogP contribution in [0.15, 0.2) is 24.3 Å². The summed E-state index contributed by atoms with van der Waals surface area (Å²) in [4.78, 5) is 15.3. The van der Waals surface area contributed by atoms with Gasteiger partial charge in [-0.05, 0) is 32.1 Å². The van der Waals surface area contributed by atoms with E-state index in [-0.39, 0.29) is 17.9 Å². The van der Waals surface area contributed by atoms with E-state index >= 15 is 0 Å². The molecule has 98 valence electrons. The largest absolute Gasteiger partial charge is 0.324 e. The quantitative estimate of drug-likeness (QED) is 0.883. The van der Waals surface area contributed by atoms with Crippen molar-refractivity contribution >= 4 is 11.7 Å². The van der Waals surface area contributed by atoms with Gasteiger partial charge < -0.3 is 10.2 Å². The summed E-state index contributed by atoms with van der Waals surface area (Å²) in [5.41, 5.74) is 0.362. The van der Waals surface area contributed by atoms with Gasteiger partial charge in [0.05, 0.1) is 11.7 Å². The summed E-state index contributed by atoms with van der Waals surface area (Å²) in [6, 6.07) is 6.38. The maximum atomic E-state index is 13.7. The highest BCUT2D eigenvalue weighted by molar-refractivity contribution is 5.94. The topological polar surface area (TPSA) is 35.6 Å². The molecule has 1 aliphatic rings. The Kier molecular flexibility index (Phi) is 3.81. The Morgan fingerprint density at radius 1 is 1.44 bits per heavy atom. The zero-order chi connectivity index (χ0) is 13.1. The van der Waals surface area contributed by atoms with Crippen LogP contribution in [0.3, 0.4) is 0 Å². The molecule has 1 heterocycles. The maximum absolute atomic E-state index is 13.7. The number of likely N-dealkylation sites (N-methyl/N-ethyl adjacent to an activating group) is 1. The first-order chi connectivity index (χ1) is 8.65. The molecule has 5 heteroatoms. The number of benzene rings is 1. The van der Waals surface area contributed by atoms with Gasteiger partial charge in [0.1, 0.15) is 5.82 Å². The third-order valence-electron chi connectivity index (χ3n) is 3.34. The average molecular weight is 251 g/mol. The van der Waals surface area contributed by atoms with E-state index < -0.39 is 0 Å². The molecule has 0 saturated carbocycles. The van der Waals surface area contributed by atoms with Crippen molar-refractivity contribution in [3.63, 3.8) is 0 Å². The Bertz CT molecular complexity index is 438. The van der Waals surface area contributed by atoms with Crippen molar-refractivity contribution in [3.05, 3.63) is 30.1 Å². The first kappa shape index (κ1) is 12.8. The number of para-hydroxylation sites is 1. The monoisotopic (exact) mass is 251 g/mol. The van der Waals surface area contributed by atoms with E-state index in [0.29, 0.717) is 12.2 Å². The number of rotatable bonds is 4. The maximum Gasteiger partial charge on any atom is 0.324 e. The molecule has 0 aliphatic carbocycles. The molecular weight excluding hydrogens is 233 g/mol. The van der Waals surface area contributed by atoms with Gasteiger partial charge in [0, 0.05) is 13.6 Å².